The zero-order valence-electron chi connectivity index (χ0n) is 12.4. The predicted octanol–water partition coefficient (Wildman–Crippen LogP) is 3.91. The second-order valence-electron chi connectivity index (χ2n) is 5.02. The molecule has 7 nitrogen and oxygen atoms in total. The first kappa shape index (κ1) is 15.3. The molecule has 0 aliphatic carbocycles. The van der Waals surface area contributed by atoms with E-state index in [0.29, 0.717) is 28.1 Å². The van der Waals surface area contributed by atoms with Gasteiger partial charge in [-0.2, -0.15) is 0 Å². The first-order chi connectivity index (χ1) is 11.6. The number of nitrogens with one attached hydrogen (secondary N) is 2. The summed E-state index contributed by atoms with van der Waals surface area (Å²) in [5.74, 6) is 0.458. The summed E-state index contributed by atoms with van der Waals surface area (Å²) in [6.45, 7) is 0. The Morgan fingerprint density at radius 2 is 1.79 bits per heavy atom. The number of aromatic nitrogens is 1. The maximum Gasteiger partial charge on any atom is 0.279 e. The van der Waals surface area contributed by atoms with Crippen molar-refractivity contribution in [1.29, 1.82) is 10.8 Å². The third kappa shape index (κ3) is 2.82. The molecule has 0 aliphatic heterocycles. The number of rotatable bonds is 5. The maximum atomic E-state index is 11.3. The van der Waals surface area contributed by atoms with Crippen LogP contribution in [-0.4, -0.2) is 22.5 Å². The Bertz CT molecular complexity index is 947. The number of nitro benzene ring substituents is 1. The minimum absolute atomic E-state index is 0.135. The van der Waals surface area contributed by atoms with E-state index in [1.165, 1.54) is 12.3 Å². The lowest BCUT2D eigenvalue weighted by molar-refractivity contribution is -0.384. The highest BCUT2D eigenvalue weighted by Gasteiger charge is 2.19. The van der Waals surface area contributed by atoms with Gasteiger partial charge in [-0.05, 0) is 23.3 Å². The third-order valence-corrected chi connectivity index (χ3v) is 3.51. The van der Waals surface area contributed by atoms with Gasteiger partial charge in [-0.15, -0.1) is 0 Å². The van der Waals surface area contributed by atoms with Crippen LogP contribution < -0.4 is 0 Å². The molecule has 0 saturated carbocycles. The molecule has 1 heterocycles. The van der Waals surface area contributed by atoms with E-state index in [4.69, 9.17) is 15.3 Å². The molecule has 0 fully saturated rings. The Morgan fingerprint density at radius 1 is 1.04 bits per heavy atom. The second-order valence-corrected chi connectivity index (χ2v) is 5.02. The highest BCUT2D eigenvalue weighted by Crippen LogP contribution is 2.32. The minimum Gasteiger partial charge on any atom is -0.356 e. The summed E-state index contributed by atoms with van der Waals surface area (Å²) < 4.78 is 5.30. The third-order valence-electron chi connectivity index (χ3n) is 3.51. The first-order valence-corrected chi connectivity index (χ1v) is 6.99. The van der Waals surface area contributed by atoms with E-state index >= 15 is 0 Å². The van der Waals surface area contributed by atoms with E-state index in [1.807, 2.05) is 6.07 Å². The van der Waals surface area contributed by atoms with Crippen LogP contribution in [0, 0.1) is 20.9 Å². The Balaban J connectivity index is 2.06. The van der Waals surface area contributed by atoms with Crippen molar-refractivity contribution in [2.75, 3.05) is 0 Å². The molecule has 0 spiro atoms. The van der Waals surface area contributed by atoms with Crippen molar-refractivity contribution >= 4 is 18.1 Å². The highest BCUT2D eigenvalue weighted by molar-refractivity contribution is 5.83. The van der Waals surface area contributed by atoms with Crippen molar-refractivity contribution < 1.29 is 9.45 Å². The van der Waals surface area contributed by atoms with Crippen molar-refractivity contribution in [2.45, 2.75) is 0 Å². The van der Waals surface area contributed by atoms with Gasteiger partial charge in [0.15, 0.2) is 5.76 Å². The molecule has 0 aliphatic rings. The van der Waals surface area contributed by atoms with Crippen LogP contribution in [0.2, 0.25) is 0 Å². The maximum absolute atomic E-state index is 11.3. The molecule has 0 saturated heterocycles. The summed E-state index contributed by atoms with van der Waals surface area (Å²) in [5, 5.41) is 29.7. The number of hydrogen-bond acceptors (Lipinski definition) is 6. The van der Waals surface area contributed by atoms with Crippen LogP contribution in [-0.2, 0) is 0 Å². The molecular formula is C17H12N4O3. The molecule has 1 aromatic heterocycles. The fraction of sp³-hybridized carbons (Fsp3) is 0. The number of hydrogen-bond donors (Lipinski definition) is 2. The quantitative estimate of drug-likeness (QED) is 0.421. The molecule has 0 atom stereocenters. The molecule has 3 rings (SSSR count). The Labute approximate surface area is 136 Å². The number of nitro groups is 1. The van der Waals surface area contributed by atoms with Gasteiger partial charge < -0.3 is 15.3 Å². The largest absolute Gasteiger partial charge is 0.356 e. The summed E-state index contributed by atoms with van der Waals surface area (Å²) in [7, 11) is 0. The molecule has 2 aromatic carbocycles. The zero-order chi connectivity index (χ0) is 17.1. The Kier molecular flexibility index (Phi) is 3.98. The van der Waals surface area contributed by atoms with Crippen LogP contribution in [0.5, 0.6) is 0 Å². The van der Waals surface area contributed by atoms with Crippen molar-refractivity contribution in [1.82, 2.24) is 5.16 Å². The van der Waals surface area contributed by atoms with Gasteiger partial charge in [0.2, 0.25) is 0 Å². The summed E-state index contributed by atoms with van der Waals surface area (Å²) >= 11 is 0. The zero-order valence-corrected chi connectivity index (χ0v) is 12.4. The van der Waals surface area contributed by atoms with Crippen LogP contribution in [0.3, 0.4) is 0 Å². The summed E-state index contributed by atoms with van der Waals surface area (Å²) in [4.78, 5) is 10.8. The highest BCUT2D eigenvalue weighted by atomic mass is 16.6. The van der Waals surface area contributed by atoms with Crippen molar-refractivity contribution in [3.8, 4) is 22.6 Å². The summed E-state index contributed by atoms with van der Waals surface area (Å²) in [6.07, 6.45) is 2.27. The monoisotopic (exact) mass is 320 g/mol. The predicted molar refractivity (Wildman–Crippen MR) is 89.8 cm³/mol. The van der Waals surface area contributed by atoms with Crippen LogP contribution in [0.25, 0.3) is 22.6 Å². The van der Waals surface area contributed by atoms with E-state index < -0.39 is 4.92 Å². The normalized spacial score (nSPS) is 10.3. The van der Waals surface area contributed by atoms with Gasteiger partial charge >= 0.3 is 0 Å². The van der Waals surface area contributed by atoms with Gasteiger partial charge in [-0.25, -0.2) is 0 Å². The fourth-order valence-electron chi connectivity index (χ4n) is 2.33. The molecule has 3 aromatic rings. The molecule has 7 heteroatoms. The summed E-state index contributed by atoms with van der Waals surface area (Å²) in [6, 6.07) is 13.3. The average molecular weight is 320 g/mol. The molecule has 118 valence electrons. The lowest BCUT2D eigenvalue weighted by atomic mass is 10.0. The van der Waals surface area contributed by atoms with E-state index in [-0.39, 0.29) is 5.69 Å². The molecule has 2 N–H and O–H groups in total. The van der Waals surface area contributed by atoms with Gasteiger partial charge in [0.1, 0.15) is 5.69 Å². The molecule has 0 unspecified atom stereocenters. The van der Waals surface area contributed by atoms with E-state index in [0.717, 1.165) is 11.8 Å². The fourth-order valence-corrected chi connectivity index (χ4v) is 2.33. The van der Waals surface area contributed by atoms with Gasteiger partial charge in [-0.1, -0.05) is 29.4 Å². The number of benzene rings is 2. The average Bonchev–Trinajstić information content (AvgIpc) is 3.11. The molecule has 0 radical (unpaired) electrons. The van der Waals surface area contributed by atoms with Crippen LogP contribution in [0.4, 0.5) is 5.69 Å². The van der Waals surface area contributed by atoms with Gasteiger partial charge in [0, 0.05) is 30.1 Å². The van der Waals surface area contributed by atoms with Gasteiger partial charge in [0.05, 0.1) is 10.5 Å². The Hall–Kier alpha value is -3.61. The van der Waals surface area contributed by atoms with Crippen LogP contribution in [0.1, 0.15) is 11.1 Å². The lowest BCUT2D eigenvalue weighted by Crippen LogP contribution is -1.94. The molecule has 0 bridgehead atoms. The van der Waals surface area contributed by atoms with Crippen molar-refractivity contribution in [3.05, 3.63) is 69.8 Å². The van der Waals surface area contributed by atoms with Crippen molar-refractivity contribution in [3.63, 3.8) is 0 Å². The van der Waals surface area contributed by atoms with Crippen LogP contribution >= 0.6 is 0 Å². The second kappa shape index (κ2) is 6.25. The van der Waals surface area contributed by atoms with Gasteiger partial charge in [0.25, 0.3) is 5.69 Å². The SMILES string of the molecule is N=Cc1cccc(-c2cc(-c3ccc(C=N)cc3[N+](=O)[O-])no2)c1. The summed E-state index contributed by atoms with van der Waals surface area (Å²) in [5.41, 5.74) is 2.41. The van der Waals surface area contributed by atoms with Crippen LogP contribution in [0.15, 0.2) is 53.1 Å². The standard InChI is InChI=1S/C17H12N4O3/c18-9-11-2-1-3-13(6-11)17-8-15(20-24-17)14-5-4-12(10-19)7-16(14)21(22)23/h1-10,18-19H. The molecule has 24 heavy (non-hydrogen) atoms. The lowest BCUT2D eigenvalue weighted by Gasteiger charge is -2.00. The Morgan fingerprint density at radius 3 is 2.50 bits per heavy atom. The van der Waals surface area contributed by atoms with E-state index in [2.05, 4.69) is 5.16 Å². The topological polar surface area (TPSA) is 117 Å². The molecule has 0 amide bonds. The first-order valence-electron chi connectivity index (χ1n) is 6.99. The van der Waals surface area contributed by atoms with E-state index in [1.54, 1.807) is 36.4 Å². The smallest absolute Gasteiger partial charge is 0.279 e. The molecular weight excluding hydrogens is 308 g/mol. The minimum atomic E-state index is -0.508. The van der Waals surface area contributed by atoms with Gasteiger partial charge in [-0.3, -0.25) is 10.1 Å². The number of nitrogens with zero attached hydrogens (tertiary/aromatic N) is 2. The van der Waals surface area contributed by atoms with Crippen molar-refractivity contribution in [2.24, 2.45) is 0 Å². The van der Waals surface area contributed by atoms with E-state index in [9.17, 15) is 10.1 Å².